The van der Waals surface area contributed by atoms with Gasteiger partial charge in [-0.2, -0.15) is 0 Å². The molecule has 3 aromatic rings. The molecule has 4 rings (SSSR count). The lowest BCUT2D eigenvalue weighted by atomic mass is 10.1. The average molecular weight is 414 g/mol. The van der Waals surface area contributed by atoms with E-state index in [1.807, 2.05) is 32.0 Å². The zero-order valence-electron chi connectivity index (χ0n) is 15.7. The average Bonchev–Trinajstić information content (AvgIpc) is 2.98. The Morgan fingerprint density at radius 2 is 1.93 bits per heavy atom. The van der Waals surface area contributed by atoms with E-state index in [0.29, 0.717) is 28.7 Å². The van der Waals surface area contributed by atoms with E-state index in [1.165, 1.54) is 5.56 Å². The molecule has 1 heterocycles. The number of aryl methyl sites for hydroxylation is 2. The summed E-state index contributed by atoms with van der Waals surface area (Å²) in [5.41, 5.74) is 5.44. The Hall–Kier alpha value is -2.14. The third-order valence-corrected chi connectivity index (χ3v) is 5.71. The van der Waals surface area contributed by atoms with Crippen LogP contribution in [0.15, 0.2) is 42.5 Å². The molecule has 0 spiro atoms. The van der Waals surface area contributed by atoms with E-state index in [-0.39, 0.29) is 6.04 Å². The summed E-state index contributed by atoms with van der Waals surface area (Å²) in [4.78, 5) is 9.62. The van der Waals surface area contributed by atoms with Gasteiger partial charge in [-0.15, -0.1) is 0 Å². The molecule has 1 aromatic heterocycles. The Bertz CT molecular complexity index is 1040. The summed E-state index contributed by atoms with van der Waals surface area (Å²) >= 11 is 12.4. The van der Waals surface area contributed by atoms with Crippen LogP contribution in [0.3, 0.4) is 0 Å². The Morgan fingerprint density at radius 1 is 1.14 bits per heavy atom. The summed E-state index contributed by atoms with van der Waals surface area (Å²) in [5, 5.41) is 15.1. The number of hydrogen-bond acceptors (Lipinski definition) is 4. The van der Waals surface area contributed by atoms with Gasteiger partial charge in [0, 0.05) is 17.0 Å². The highest BCUT2D eigenvalue weighted by Gasteiger charge is 2.31. The topological polar surface area (TPSA) is 58.0 Å². The SMILES string of the molecule is CCc1nc(-c2ccc(Cl)cc2Cl)c(C)nc1N[C@@H]1c2ccccc2C[C@@H]1O. The predicted octanol–water partition coefficient (Wildman–Crippen LogP) is 5.39. The van der Waals surface area contributed by atoms with Crippen LogP contribution in [0.2, 0.25) is 10.0 Å². The van der Waals surface area contributed by atoms with Crippen LogP contribution in [-0.2, 0) is 12.8 Å². The number of aliphatic hydroxyl groups excluding tert-OH is 1. The van der Waals surface area contributed by atoms with Crippen LogP contribution in [0.1, 0.15) is 35.5 Å². The minimum Gasteiger partial charge on any atom is -0.390 e. The van der Waals surface area contributed by atoms with Crippen LogP contribution < -0.4 is 5.32 Å². The number of fused-ring (bicyclic) bond motifs is 1. The van der Waals surface area contributed by atoms with Crippen molar-refractivity contribution in [2.24, 2.45) is 0 Å². The maximum atomic E-state index is 10.6. The molecule has 0 saturated carbocycles. The quantitative estimate of drug-likeness (QED) is 0.601. The molecule has 0 radical (unpaired) electrons. The van der Waals surface area contributed by atoms with Crippen LogP contribution in [0.5, 0.6) is 0 Å². The Kier molecular flexibility index (Phi) is 5.28. The van der Waals surface area contributed by atoms with Crippen molar-refractivity contribution in [3.63, 3.8) is 0 Å². The molecular formula is C22H21Cl2N3O. The van der Waals surface area contributed by atoms with Gasteiger partial charge in [-0.1, -0.05) is 54.4 Å². The normalized spacial score (nSPS) is 18.2. The number of aromatic nitrogens is 2. The maximum absolute atomic E-state index is 10.6. The van der Waals surface area contributed by atoms with Crippen molar-refractivity contribution < 1.29 is 5.11 Å². The molecule has 2 atom stereocenters. The fourth-order valence-corrected chi connectivity index (χ4v) is 4.25. The van der Waals surface area contributed by atoms with Crippen LogP contribution >= 0.6 is 23.2 Å². The summed E-state index contributed by atoms with van der Waals surface area (Å²) in [6.07, 6.45) is 0.855. The fourth-order valence-electron chi connectivity index (χ4n) is 3.75. The zero-order valence-corrected chi connectivity index (χ0v) is 17.2. The van der Waals surface area contributed by atoms with Gasteiger partial charge in [-0.05, 0) is 42.7 Å². The molecule has 28 heavy (non-hydrogen) atoms. The van der Waals surface area contributed by atoms with Crippen LogP contribution in [-0.4, -0.2) is 21.2 Å². The first-order valence-corrected chi connectivity index (χ1v) is 10.1. The molecule has 6 heteroatoms. The second-order valence-corrected chi connectivity index (χ2v) is 7.87. The highest BCUT2D eigenvalue weighted by atomic mass is 35.5. The summed E-state index contributed by atoms with van der Waals surface area (Å²) in [6.45, 7) is 3.95. The first-order chi connectivity index (χ1) is 13.5. The number of nitrogens with one attached hydrogen (secondary N) is 1. The summed E-state index contributed by atoms with van der Waals surface area (Å²) in [6, 6.07) is 13.3. The van der Waals surface area contributed by atoms with E-state index in [1.54, 1.807) is 12.1 Å². The molecule has 0 aliphatic heterocycles. The van der Waals surface area contributed by atoms with Crippen molar-refractivity contribution in [2.75, 3.05) is 5.32 Å². The number of halogens is 2. The van der Waals surface area contributed by atoms with Crippen LogP contribution in [0.4, 0.5) is 5.82 Å². The largest absolute Gasteiger partial charge is 0.390 e. The molecule has 1 aliphatic carbocycles. The molecule has 144 valence electrons. The standard InChI is InChI=1S/C22H21Cl2N3O/c1-3-18-22(27-21-15-7-5-4-6-13(15)10-19(21)28)25-12(2)20(26-18)16-9-8-14(23)11-17(16)24/h4-9,11,19,21,28H,3,10H2,1-2H3,(H,25,27)/t19-,21+/m0/s1. The van der Waals surface area contributed by atoms with Gasteiger partial charge >= 0.3 is 0 Å². The second-order valence-electron chi connectivity index (χ2n) is 7.02. The number of hydrogen-bond donors (Lipinski definition) is 2. The monoisotopic (exact) mass is 413 g/mol. The molecule has 4 nitrogen and oxygen atoms in total. The zero-order chi connectivity index (χ0) is 19.8. The smallest absolute Gasteiger partial charge is 0.148 e. The Morgan fingerprint density at radius 3 is 2.68 bits per heavy atom. The lowest BCUT2D eigenvalue weighted by Gasteiger charge is -2.21. The molecule has 0 bridgehead atoms. The summed E-state index contributed by atoms with van der Waals surface area (Å²) in [7, 11) is 0. The van der Waals surface area contributed by atoms with Gasteiger partial charge in [0.1, 0.15) is 5.82 Å². The minimum atomic E-state index is -0.491. The van der Waals surface area contributed by atoms with E-state index in [4.69, 9.17) is 33.2 Å². The highest BCUT2D eigenvalue weighted by molar-refractivity contribution is 6.36. The van der Waals surface area contributed by atoms with E-state index < -0.39 is 6.10 Å². The lowest BCUT2D eigenvalue weighted by Crippen LogP contribution is -2.23. The third kappa shape index (κ3) is 3.48. The number of nitrogens with zero attached hydrogens (tertiary/aromatic N) is 2. The first kappa shape index (κ1) is 19.2. The molecule has 2 N–H and O–H groups in total. The van der Waals surface area contributed by atoms with E-state index in [0.717, 1.165) is 28.2 Å². The number of benzene rings is 2. The molecular weight excluding hydrogens is 393 g/mol. The van der Waals surface area contributed by atoms with Gasteiger partial charge in [-0.3, -0.25) is 0 Å². The van der Waals surface area contributed by atoms with Gasteiger partial charge < -0.3 is 10.4 Å². The van der Waals surface area contributed by atoms with Crippen molar-refractivity contribution in [1.29, 1.82) is 0 Å². The van der Waals surface area contributed by atoms with Gasteiger partial charge in [0.05, 0.1) is 34.3 Å². The number of anilines is 1. The maximum Gasteiger partial charge on any atom is 0.148 e. The van der Waals surface area contributed by atoms with Crippen molar-refractivity contribution in [3.05, 3.63) is 75.0 Å². The molecule has 1 aliphatic rings. The third-order valence-electron chi connectivity index (χ3n) is 5.16. The first-order valence-electron chi connectivity index (χ1n) is 9.33. The second kappa shape index (κ2) is 7.70. The summed E-state index contributed by atoms with van der Waals surface area (Å²) < 4.78 is 0. The number of aliphatic hydroxyl groups is 1. The van der Waals surface area contributed by atoms with Gasteiger partial charge in [0.15, 0.2) is 0 Å². The number of rotatable bonds is 4. The van der Waals surface area contributed by atoms with Crippen molar-refractivity contribution >= 4 is 29.0 Å². The lowest BCUT2D eigenvalue weighted by molar-refractivity contribution is 0.165. The van der Waals surface area contributed by atoms with Crippen LogP contribution in [0.25, 0.3) is 11.3 Å². The molecule has 0 amide bonds. The molecule has 2 aromatic carbocycles. The van der Waals surface area contributed by atoms with Crippen molar-refractivity contribution in [2.45, 2.75) is 38.8 Å². The highest BCUT2D eigenvalue weighted by Crippen LogP contribution is 2.36. The molecule has 0 fully saturated rings. The van der Waals surface area contributed by atoms with Crippen molar-refractivity contribution in [3.8, 4) is 11.3 Å². The fraction of sp³-hybridized carbons (Fsp3) is 0.273. The van der Waals surface area contributed by atoms with Crippen molar-refractivity contribution in [1.82, 2.24) is 9.97 Å². The van der Waals surface area contributed by atoms with Gasteiger partial charge in [0.2, 0.25) is 0 Å². The summed E-state index contributed by atoms with van der Waals surface area (Å²) in [5.74, 6) is 0.703. The van der Waals surface area contributed by atoms with E-state index >= 15 is 0 Å². The molecule has 0 saturated heterocycles. The van der Waals surface area contributed by atoms with E-state index in [2.05, 4.69) is 17.4 Å². The molecule has 0 unspecified atom stereocenters. The van der Waals surface area contributed by atoms with Gasteiger partial charge in [0.25, 0.3) is 0 Å². The minimum absolute atomic E-state index is 0.194. The van der Waals surface area contributed by atoms with Crippen LogP contribution in [0, 0.1) is 6.92 Å². The Labute approximate surface area is 174 Å². The van der Waals surface area contributed by atoms with Gasteiger partial charge in [-0.25, -0.2) is 9.97 Å². The Balaban J connectivity index is 1.72. The van der Waals surface area contributed by atoms with E-state index in [9.17, 15) is 5.11 Å². The predicted molar refractivity (Wildman–Crippen MR) is 114 cm³/mol.